The van der Waals surface area contributed by atoms with E-state index in [1.54, 1.807) is 6.07 Å². The van der Waals surface area contributed by atoms with Gasteiger partial charge in [-0.25, -0.2) is 23.3 Å². The van der Waals surface area contributed by atoms with Crippen molar-refractivity contribution < 1.29 is 28.1 Å². The molecule has 1 aromatic rings. The Morgan fingerprint density at radius 3 is 2.76 bits per heavy atom. The predicted molar refractivity (Wildman–Crippen MR) is 139 cm³/mol. The summed E-state index contributed by atoms with van der Waals surface area (Å²) >= 11 is 0. The van der Waals surface area contributed by atoms with Crippen molar-refractivity contribution in [2.24, 2.45) is 22.7 Å². The Morgan fingerprint density at radius 1 is 1.34 bits per heavy atom. The van der Waals surface area contributed by atoms with Crippen LogP contribution in [0.4, 0.5) is 5.69 Å². The number of benzene rings is 1. The molecule has 1 amide bonds. The van der Waals surface area contributed by atoms with Crippen molar-refractivity contribution in [2.75, 3.05) is 25.0 Å². The van der Waals surface area contributed by atoms with Crippen molar-refractivity contribution in [3.63, 3.8) is 0 Å². The van der Waals surface area contributed by atoms with Gasteiger partial charge in [-0.2, -0.15) is 4.72 Å². The zero-order chi connectivity index (χ0) is 28.0. The van der Waals surface area contributed by atoms with E-state index in [1.165, 1.54) is 11.0 Å². The number of nitrogens with one attached hydrogen (secondary N) is 3. The van der Waals surface area contributed by atoms with Crippen molar-refractivity contribution in [1.29, 1.82) is 0 Å². The number of aliphatic carboxylic acids is 1. The number of carbonyl (C=O) groups is 2. The molecule has 0 aliphatic carbocycles. The molecule has 14 nitrogen and oxygen atoms in total. The van der Waals surface area contributed by atoms with Crippen LogP contribution in [0.3, 0.4) is 0 Å². The number of hydrogen-bond donors (Lipinski definition) is 5. The lowest BCUT2D eigenvalue weighted by Crippen LogP contribution is -2.56. The highest BCUT2D eigenvalue weighted by Gasteiger charge is 2.39. The van der Waals surface area contributed by atoms with E-state index in [9.17, 15) is 33.2 Å². The number of nitro groups is 1. The van der Waals surface area contributed by atoms with E-state index in [0.717, 1.165) is 5.56 Å². The third-order valence-electron chi connectivity index (χ3n) is 6.79. The fraction of sp³-hybridized carbons (Fsp3) is 0.609. The molecule has 2 aliphatic rings. The molecule has 0 bridgehead atoms. The molecular formula is C23H35N7O7S. The summed E-state index contributed by atoms with van der Waals surface area (Å²) in [4.78, 5) is 37.2. The smallest absolute Gasteiger partial charge is 0.326 e. The van der Waals surface area contributed by atoms with E-state index in [4.69, 9.17) is 5.73 Å². The number of para-hydroxylation sites is 1. The van der Waals surface area contributed by atoms with Crippen molar-refractivity contribution >= 4 is 33.5 Å². The molecule has 2 aliphatic heterocycles. The van der Waals surface area contributed by atoms with Gasteiger partial charge in [0.05, 0.1) is 5.69 Å². The van der Waals surface area contributed by atoms with Gasteiger partial charge >= 0.3 is 5.97 Å². The van der Waals surface area contributed by atoms with Crippen LogP contribution >= 0.6 is 0 Å². The quantitative estimate of drug-likeness (QED) is 0.0891. The maximum Gasteiger partial charge on any atom is 0.326 e. The Hall–Kier alpha value is -3.46. The van der Waals surface area contributed by atoms with E-state index in [0.29, 0.717) is 31.0 Å². The summed E-state index contributed by atoms with van der Waals surface area (Å²) in [6.07, 6.45) is 1.76. The minimum absolute atomic E-state index is 0.00527. The summed E-state index contributed by atoms with van der Waals surface area (Å²) in [5, 5.41) is 27.9. The van der Waals surface area contributed by atoms with Crippen molar-refractivity contribution in [3.8, 4) is 0 Å². The zero-order valence-electron chi connectivity index (χ0n) is 21.4. The van der Waals surface area contributed by atoms with Gasteiger partial charge in [-0.1, -0.05) is 26.0 Å². The Morgan fingerprint density at radius 2 is 2.08 bits per heavy atom. The molecule has 0 aromatic heterocycles. The second kappa shape index (κ2) is 12.4. The predicted octanol–water partition coefficient (Wildman–Crippen LogP) is 0.526. The molecule has 1 aromatic carbocycles. The van der Waals surface area contributed by atoms with E-state index < -0.39 is 45.0 Å². The summed E-state index contributed by atoms with van der Waals surface area (Å²) in [5.41, 5.74) is 6.77. The molecule has 1 unspecified atom stereocenters. The molecule has 15 heteroatoms. The maximum atomic E-state index is 13.6. The number of anilines is 1. The zero-order valence-corrected chi connectivity index (χ0v) is 22.2. The number of likely N-dealkylation sites (tertiary alicyclic amines) is 1. The van der Waals surface area contributed by atoms with E-state index in [-0.39, 0.29) is 43.2 Å². The lowest BCUT2D eigenvalue weighted by atomic mass is 9.91. The van der Waals surface area contributed by atoms with E-state index in [2.05, 4.69) is 27.4 Å². The average Bonchev–Trinajstić information content (AvgIpc) is 2.84. The number of hydrazone groups is 1. The van der Waals surface area contributed by atoms with Crippen LogP contribution in [0.1, 0.15) is 45.1 Å². The lowest BCUT2D eigenvalue weighted by Gasteiger charge is -2.38. The highest BCUT2D eigenvalue weighted by molar-refractivity contribution is 7.89. The fourth-order valence-corrected chi connectivity index (χ4v) is 6.31. The SMILES string of the molecule is CC1CNc2c(cccc2S(=O)(=O)N[C@@H](CCCN/C(N)=N\[N+](=O)[O-])C(=O)N2CC[C@@H](C)C[C@@H]2C(=O)O)C1. The minimum atomic E-state index is -4.19. The van der Waals surface area contributed by atoms with Gasteiger partial charge in [-0.05, 0) is 55.6 Å². The summed E-state index contributed by atoms with van der Waals surface area (Å²) < 4.78 is 29.6. The van der Waals surface area contributed by atoms with Gasteiger partial charge < -0.3 is 26.4 Å². The van der Waals surface area contributed by atoms with Gasteiger partial charge in [0, 0.05) is 19.6 Å². The second-order valence-corrected chi connectivity index (χ2v) is 11.6. The Balaban J connectivity index is 1.84. The number of piperidine rings is 1. The molecule has 2 heterocycles. The molecule has 0 radical (unpaired) electrons. The Bertz CT molecular complexity index is 1190. The topological polar surface area (TPSA) is 209 Å². The largest absolute Gasteiger partial charge is 0.480 e. The van der Waals surface area contributed by atoms with Crippen molar-refractivity contribution in [2.45, 2.75) is 62.9 Å². The Labute approximate surface area is 221 Å². The molecule has 1 fully saturated rings. The summed E-state index contributed by atoms with van der Waals surface area (Å²) in [6, 6.07) is 2.65. The lowest BCUT2D eigenvalue weighted by molar-refractivity contribution is -0.485. The number of carboxylic acids is 1. The second-order valence-electron chi connectivity index (χ2n) is 9.96. The van der Waals surface area contributed by atoms with Gasteiger partial charge in [0.2, 0.25) is 15.9 Å². The molecule has 38 heavy (non-hydrogen) atoms. The van der Waals surface area contributed by atoms with Gasteiger partial charge in [0.25, 0.3) is 5.96 Å². The number of sulfonamides is 1. The first-order valence-corrected chi connectivity index (χ1v) is 14.0. The first-order valence-electron chi connectivity index (χ1n) is 12.5. The molecule has 0 spiro atoms. The Kier molecular flexibility index (Phi) is 9.49. The molecule has 0 saturated carbocycles. The van der Waals surface area contributed by atoms with Crippen molar-refractivity contribution in [1.82, 2.24) is 14.9 Å². The molecule has 1 saturated heterocycles. The molecule has 210 valence electrons. The number of amides is 1. The number of nitrogens with zero attached hydrogens (tertiary/aromatic N) is 3. The van der Waals surface area contributed by atoms with E-state index in [1.807, 2.05) is 13.0 Å². The number of hydrogen-bond acceptors (Lipinski definition) is 7. The number of carboxylic acid groups (broad SMARTS) is 1. The first kappa shape index (κ1) is 29.1. The molecule has 4 atom stereocenters. The van der Waals surface area contributed by atoms with E-state index >= 15 is 0 Å². The van der Waals surface area contributed by atoms with Crippen LogP contribution in [0.5, 0.6) is 0 Å². The van der Waals surface area contributed by atoms with Gasteiger partial charge in [-0.15, -0.1) is 0 Å². The van der Waals surface area contributed by atoms with Crippen LogP contribution in [0.15, 0.2) is 28.2 Å². The highest BCUT2D eigenvalue weighted by atomic mass is 32.2. The van der Waals surface area contributed by atoms with Gasteiger partial charge in [0.1, 0.15) is 22.1 Å². The van der Waals surface area contributed by atoms with Crippen LogP contribution in [-0.2, 0) is 26.0 Å². The number of rotatable bonds is 10. The van der Waals surface area contributed by atoms with Crippen LogP contribution in [0.2, 0.25) is 0 Å². The van der Waals surface area contributed by atoms with Gasteiger partial charge in [0.15, 0.2) is 5.03 Å². The highest BCUT2D eigenvalue weighted by Crippen LogP contribution is 2.31. The maximum absolute atomic E-state index is 13.6. The average molecular weight is 554 g/mol. The molecular weight excluding hydrogens is 518 g/mol. The fourth-order valence-electron chi connectivity index (χ4n) is 4.86. The third-order valence-corrected chi connectivity index (χ3v) is 8.31. The van der Waals surface area contributed by atoms with Crippen LogP contribution in [0, 0.1) is 22.0 Å². The number of carbonyl (C=O) groups excluding carboxylic acids is 1. The standard InChI is InChI=1S/C23H35N7O7S/c1-14-8-10-29(18(12-14)22(32)33)21(31)17(6-4-9-25-23(24)27-30(34)35)28-38(36,37)19-7-3-5-16-11-15(2)13-26-20(16)19/h3,5,7,14-15,17-18,26,28H,4,6,8-13H2,1-2H3,(H,32,33)(H3,24,25,27)/t14-,15?,17+,18-/m1/s1. The normalized spacial score (nSPS) is 22.6. The summed E-state index contributed by atoms with van der Waals surface area (Å²) in [5.74, 6) is -1.77. The monoisotopic (exact) mass is 553 g/mol. The number of guanidine groups is 1. The minimum Gasteiger partial charge on any atom is -0.480 e. The third kappa shape index (κ3) is 7.31. The summed E-state index contributed by atoms with van der Waals surface area (Å²) in [6.45, 7) is 4.84. The number of nitrogens with two attached hydrogens (primary N) is 1. The van der Waals surface area contributed by atoms with Gasteiger partial charge in [-0.3, -0.25) is 4.79 Å². The number of fused-ring (bicyclic) bond motifs is 1. The van der Waals surface area contributed by atoms with Crippen LogP contribution in [-0.4, -0.2) is 73.0 Å². The first-order chi connectivity index (χ1) is 17.9. The van der Waals surface area contributed by atoms with Crippen LogP contribution < -0.4 is 21.1 Å². The molecule has 6 N–H and O–H groups in total. The molecule has 3 rings (SSSR count). The van der Waals surface area contributed by atoms with Crippen LogP contribution in [0.25, 0.3) is 0 Å². The van der Waals surface area contributed by atoms with Crippen molar-refractivity contribution in [3.05, 3.63) is 33.9 Å². The summed E-state index contributed by atoms with van der Waals surface area (Å²) in [7, 11) is -4.19.